The molecular formula is C18H21N3O5. The summed E-state index contributed by atoms with van der Waals surface area (Å²) in [6, 6.07) is 6.26. The Balaban J connectivity index is 1.84. The van der Waals surface area contributed by atoms with E-state index in [0.29, 0.717) is 11.8 Å². The molecule has 0 saturated heterocycles. The van der Waals surface area contributed by atoms with Crippen LogP contribution < -0.4 is 16.2 Å². The fourth-order valence-electron chi connectivity index (χ4n) is 2.69. The van der Waals surface area contributed by atoms with Gasteiger partial charge < -0.3 is 10.4 Å². The Kier molecular flexibility index (Phi) is 6.90. The fourth-order valence-corrected chi connectivity index (χ4v) is 2.69. The molecule has 1 aromatic rings. The number of carbonyl (C=O) groups is 4. The number of hydrogen-bond donors (Lipinski definition) is 4. The third-order valence-corrected chi connectivity index (χ3v) is 4.07. The average Bonchev–Trinajstić information content (AvgIpc) is 2.65. The number of rotatable bonds is 5. The maximum atomic E-state index is 12.2. The van der Waals surface area contributed by atoms with Gasteiger partial charge in [0.05, 0.1) is 0 Å². The zero-order chi connectivity index (χ0) is 18.9. The molecule has 8 heteroatoms. The van der Waals surface area contributed by atoms with E-state index in [2.05, 4.69) is 16.2 Å². The second-order valence-corrected chi connectivity index (χ2v) is 6.02. The molecule has 1 fully saturated rings. The molecule has 1 aliphatic carbocycles. The lowest BCUT2D eigenvalue weighted by Gasteiger charge is -2.20. The first-order valence-electron chi connectivity index (χ1n) is 8.38. The second kappa shape index (κ2) is 9.36. The zero-order valence-electron chi connectivity index (χ0n) is 14.2. The van der Waals surface area contributed by atoms with Crippen LogP contribution in [0.4, 0.5) is 5.69 Å². The number of hydrogen-bond acceptors (Lipinski definition) is 4. The lowest BCUT2D eigenvalue weighted by molar-refractivity contribution is -0.131. The van der Waals surface area contributed by atoms with Crippen LogP contribution in [-0.2, 0) is 14.4 Å². The van der Waals surface area contributed by atoms with Crippen LogP contribution in [0, 0.1) is 5.92 Å². The van der Waals surface area contributed by atoms with Crippen LogP contribution in [0.15, 0.2) is 36.4 Å². The Morgan fingerprint density at radius 2 is 1.58 bits per heavy atom. The standard InChI is InChI=1S/C18H21N3O5/c22-15(10-11-16(23)24)20-21-18(26)13-6-8-14(9-7-13)19-17(25)12-4-2-1-3-5-12/h6-12H,1-5H2,(H,19,25)(H,20,22)(H,21,26)(H,23,24). The Labute approximate surface area is 150 Å². The van der Waals surface area contributed by atoms with Gasteiger partial charge in [-0.1, -0.05) is 19.3 Å². The summed E-state index contributed by atoms with van der Waals surface area (Å²) in [6.45, 7) is 0. The number of carboxylic acid groups (broad SMARTS) is 1. The van der Waals surface area contributed by atoms with Gasteiger partial charge in [-0.2, -0.15) is 0 Å². The second-order valence-electron chi connectivity index (χ2n) is 6.02. The SMILES string of the molecule is O=C(O)C=CC(=O)NNC(=O)c1ccc(NC(=O)C2CCCCC2)cc1. The molecule has 1 aromatic carbocycles. The summed E-state index contributed by atoms with van der Waals surface area (Å²) in [5, 5.41) is 11.3. The molecule has 26 heavy (non-hydrogen) atoms. The van der Waals surface area contributed by atoms with Crippen molar-refractivity contribution in [1.82, 2.24) is 10.9 Å². The molecule has 3 amide bonds. The molecular weight excluding hydrogens is 338 g/mol. The molecule has 0 aliphatic heterocycles. The Morgan fingerprint density at radius 1 is 0.923 bits per heavy atom. The quantitative estimate of drug-likeness (QED) is 0.469. The summed E-state index contributed by atoms with van der Waals surface area (Å²) in [5.74, 6) is -2.55. The summed E-state index contributed by atoms with van der Waals surface area (Å²) in [4.78, 5) is 45.7. The Bertz CT molecular complexity index is 706. The van der Waals surface area contributed by atoms with E-state index < -0.39 is 17.8 Å². The van der Waals surface area contributed by atoms with E-state index in [0.717, 1.165) is 31.8 Å². The number of carboxylic acids is 1. The van der Waals surface area contributed by atoms with E-state index in [-0.39, 0.29) is 17.4 Å². The topological polar surface area (TPSA) is 125 Å². The van der Waals surface area contributed by atoms with Crippen molar-refractivity contribution in [2.24, 2.45) is 5.92 Å². The van der Waals surface area contributed by atoms with E-state index in [9.17, 15) is 19.2 Å². The van der Waals surface area contributed by atoms with Crippen molar-refractivity contribution in [3.8, 4) is 0 Å². The van der Waals surface area contributed by atoms with E-state index in [4.69, 9.17) is 5.11 Å². The van der Waals surface area contributed by atoms with Crippen LogP contribution in [0.3, 0.4) is 0 Å². The largest absolute Gasteiger partial charge is 0.478 e. The van der Waals surface area contributed by atoms with Crippen LogP contribution >= 0.6 is 0 Å². The van der Waals surface area contributed by atoms with Gasteiger partial charge in [0, 0.05) is 29.3 Å². The van der Waals surface area contributed by atoms with Gasteiger partial charge in [0.15, 0.2) is 0 Å². The molecule has 0 bridgehead atoms. The van der Waals surface area contributed by atoms with Crippen molar-refractivity contribution in [2.75, 3.05) is 5.32 Å². The highest BCUT2D eigenvalue weighted by atomic mass is 16.4. The van der Waals surface area contributed by atoms with Gasteiger partial charge >= 0.3 is 5.97 Å². The molecule has 2 rings (SSSR count). The number of carbonyl (C=O) groups excluding carboxylic acids is 3. The van der Waals surface area contributed by atoms with Gasteiger partial charge in [-0.25, -0.2) is 4.79 Å². The van der Waals surface area contributed by atoms with Crippen LogP contribution in [0.2, 0.25) is 0 Å². The molecule has 0 unspecified atom stereocenters. The number of anilines is 1. The van der Waals surface area contributed by atoms with Crippen LogP contribution in [0.5, 0.6) is 0 Å². The summed E-state index contributed by atoms with van der Waals surface area (Å²) in [6.07, 6.45) is 6.58. The zero-order valence-corrected chi connectivity index (χ0v) is 14.2. The van der Waals surface area contributed by atoms with Gasteiger partial charge in [0.25, 0.3) is 11.8 Å². The summed E-state index contributed by atoms with van der Waals surface area (Å²) in [7, 11) is 0. The van der Waals surface area contributed by atoms with Gasteiger partial charge in [0.2, 0.25) is 5.91 Å². The Hall–Kier alpha value is -3.16. The van der Waals surface area contributed by atoms with E-state index in [1.54, 1.807) is 12.1 Å². The van der Waals surface area contributed by atoms with Gasteiger partial charge in [0.1, 0.15) is 0 Å². The molecule has 138 valence electrons. The predicted octanol–water partition coefficient (Wildman–Crippen LogP) is 1.61. The highest BCUT2D eigenvalue weighted by Gasteiger charge is 2.21. The smallest absolute Gasteiger partial charge is 0.328 e. The van der Waals surface area contributed by atoms with Crippen LogP contribution in [-0.4, -0.2) is 28.8 Å². The molecule has 0 heterocycles. The van der Waals surface area contributed by atoms with Gasteiger partial charge in [-0.05, 0) is 37.1 Å². The van der Waals surface area contributed by atoms with E-state index >= 15 is 0 Å². The predicted molar refractivity (Wildman–Crippen MR) is 94.0 cm³/mol. The molecule has 1 aliphatic rings. The first-order valence-corrected chi connectivity index (χ1v) is 8.38. The monoisotopic (exact) mass is 359 g/mol. The first-order chi connectivity index (χ1) is 12.5. The number of hydrazine groups is 1. The summed E-state index contributed by atoms with van der Waals surface area (Å²) < 4.78 is 0. The first kappa shape index (κ1) is 19.2. The van der Waals surface area contributed by atoms with Crippen molar-refractivity contribution in [3.05, 3.63) is 42.0 Å². The average molecular weight is 359 g/mol. The molecule has 4 N–H and O–H groups in total. The third kappa shape index (κ3) is 6.04. The number of benzene rings is 1. The summed E-state index contributed by atoms with van der Waals surface area (Å²) in [5.41, 5.74) is 5.12. The maximum absolute atomic E-state index is 12.2. The third-order valence-electron chi connectivity index (χ3n) is 4.07. The maximum Gasteiger partial charge on any atom is 0.328 e. The minimum Gasteiger partial charge on any atom is -0.478 e. The highest BCUT2D eigenvalue weighted by Crippen LogP contribution is 2.25. The summed E-state index contributed by atoms with van der Waals surface area (Å²) >= 11 is 0. The molecule has 0 atom stereocenters. The minimum atomic E-state index is -1.27. The lowest BCUT2D eigenvalue weighted by atomic mass is 9.88. The fraction of sp³-hybridized carbons (Fsp3) is 0.333. The number of aliphatic carboxylic acids is 1. The lowest BCUT2D eigenvalue weighted by Crippen LogP contribution is -2.40. The normalized spacial score (nSPS) is 14.6. The van der Waals surface area contributed by atoms with Crippen LogP contribution in [0.25, 0.3) is 0 Å². The van der Waals surface area contributed by atoms with Crippen molar-refractivity contribution in [1.29, 1.82) is 0 Å². The van der Waals surface area contributed by atoms with E-state index in [1.807, 2.05) is 0 Å². The van der Waals surface area contributed by atoms with Gasteiger partial charge in [-0.3, -0.25) is 25.2 Å². The molecule has 0 aromatic heterocycles. The molecule has 0 spiro atoms. The van der Waals surface area contributed by atoms with Crippen molar-refractivity contribution in [3.63, 3.8) is 0 Å². The van der Waals surface area contributed by atoms with Crippen molar-refractivity contribution in [2.45, 2.75) is 32.1 Å². The number of amides is 3. The van der Waals surface area contributed by atoms with Crippen LogP contribution in [0.1, 0.15) is 42.5 Å². The molecule has 0 radical (unpaired) electrons. The van der Waals surface area contributed by atoms with Gasteiger partial charge in [-0.15, -0.1) is 0 Å². The highest BCUT2D eigenvalue weighted by molar-refractivity contribution is 5.99. The van der Waals surface area contributed by atoms with E-state index in [1.165, 1.54) is 18.6 Å². The Morgan fingerprint density at radius 3 is 2.19 bits per heavy atom. The van der Waals surface area contributed by atoms with Crippen molar-refractivity contribution >= 4 is 29.4 Å². The van der Waals surface area contributed by atoms with Crippen molar-refractivity contribution < 1.29 is 24.3 Å². The number of nitrogens with one attached hydrogen (secondary N) is 3. The minimum absolute atomic E-state index is 0.000572. The molecule has 1 saturated carbocycles. The molecule has 8 nitrogen and oxygen atoms in total.